The van der Waals surface area contributed by atoms with Gasteiger partial charge in [-0.15, -0.1) is 0 Å². The van der Waals surface area contributed by atoms with Crippen molar-refractivity contribution >= 4 is 11.6 Å². The third-order valence-corrected chi connectivity index (χ3v) is 5.00. The summed E-state index contributed by atoms with van der Waals surface area (Å²) in [6.45, 7) is 7.79. The van der Waals surface area contributed by atoms with Crippen molar-refractivity contribution in [3.63, 3.8) is 0 Å². The maximum Gasteiger partial charge on any atom is 0.226 e. The van der Waals surface area contributed by atoms with Gasteiger partial charge < -0.3 is 19.6 Å². The summed E-state index contributed by atoms with van der Waals surface area (Å²) in [5.41, 5.74) is 2.56. The zero-order chi connectivity index (χ0) is 19.2. The second kappa shape index (κ2) is 8.80. The van der Waals surface area contributed by atoms with Crippen LogP contribution in [0.4, 0.5) is 5.69 Å². The van der Waals surface area contributed by atoms with Crippen LogP contribution in [-0.4, -0.2) is 48.7 Å². The van der Waals surface area contributed by atoms with E-state index in [0.29, 0.717) is 18.1 Å². The number of ether oxygens (including phenoxy) is 1. The summed E-state index contributed by atoms with van der Waals surface area (Å²) in [5, 5.41) is 9.68. The van der Waals surface area contributed by atoms with Gasteiger partial charge in [-0.1, -0.05) is 38.1 Å². The van der Waals surface area contributed by atoms with Crippen LogP contribution >= 0.6 is 0 Å². The van der Waals surface area contributed by atoms with Crippen LogP contribution in [0.3, 0.4) is 0 Å². The molecule has 1 saturated heterocycles. The molecule has 0 aliphatic carbocycles. The Balaban J connectivity index is 1.44. The minimum absolute atomic E-state index is 0.0974. The number of carbonyl (C=O) groups is 1. The van der Waals surface area contributed by atoms with E-state index in [0.717, 1.165) is 26.2 Å². The van der Waals surface area contributed by atoms with Gasteiger partial charge in [0.1, 0.15) is 0 Å². The molecule has 0 saturated carbocycles. The van der Waals surface area contributed by atoms with Crippen LogP contribution in [0.2, 0.25) is 0 Å². The quantitative estimate of drug-likeness (QED) is 0.846. The second-order valence-electron chi connectivity index (χ2n) is 7.18. The molecule has 2 aromatic carbocycles. The average Bonchev–Trinajstić information content (AvgIpc) is 2.69. The molecule has 144 valence electrons. The van der Waals surface area contributed by atoms with Crippen molar-refractivity contribution in [1.29, 1.82) is 0 Å². The molecule has 1 aliphatic heterocycles. The highest BCUT2D eigenvalue weighted by molar-refractivity contribution is 5.76. The number of nitrogens with zero attached hydrogens (tertiary/aromatic N) is 2. The maximum atomic E-state index is 12.4. The van der Waals surface area contributed by atoms with Crippen LogP contribution in [0.5, 0.6) is 11.5 Å². The number of hydrogen-bond donors (Lipinski definition) is 1. The molecule has 1 amide bonds. The lowest BCUT2D eigenvalue weighted by molar-refractivity contribution is -0.132. The number of phenols is 1. The SMILES string of the molecule is CC(C)c1ccc(N2CCN(C(=O)CCOc3ccccc3O)CC2)cc1. The summed E-state index contributed by atoms with van der Waals surface area (Å²) in [7, 11) is 0. The number of rotatable bonds is 6. The van der Waals surface area contributed by atoms with E-state index in [2.05, 4.69) is 43.0 Å². The number of anilines is 1. The molecule has 1 heterocycles. The lowest BCUT2D eigenvalue weighted by Gasteiger charge is -2.36. The maximum absolute atomic E-state index is 12.4. The van der Waals surface area contributed by atoms with E-state index >= 15 is 0 Å². The average molecular weight is 368 g/mol. The third-order valence-electron chi connectivity index (χ3n) is 5.00. The first-order chi connectivity index (χ1) is 13.0. The first kappa shape index (κ1) is 19.1. The number of phenolic OH excluding ortho intramolecular Hbond substituents is 1. The largest absolute Gasteiger partial charge is 0.504 e. The molecule has 1 aliphatic rings. The predicted molar refractivity (Wildman–Crippen MR) is 108 cm³/mol. The van der Waals surface area contributed by atoms with Crippen molar-refractivity contribution in [2.24, 2.45) is 0 Å². The van der Waals surface area contributed by atoms with Crippen molar-refractivity contribution in [3.8, 4) is 11.5 Å². The van der Waals surface area contributed by atoms with Gasteiger partial charge in [-0.3, -0.25) is 4.79 Å². The molecule has 0 unspecified atom stereocenters. The summed E-state index contributed by atoms with van der Waals surface area (Å²) in [5.74, 6) is 1.15. The van der Waals surface area contributed by atoms with Crippen molar-refractivity contribution in [3.05, 3.63) is 54.1 Å². The molecule has 0 bridgehead atoms. The lowest BCUT2D eigenvalue weighted by Crippen LogP contribution is -2.49. The van der Waals surface area contributed by atoms with Gasteiger partial charge in [0.15, 0.2) is 11.5 Å². The molecule has 5 nitrogen and oxygen atoms in total. The van der Waals surface area contributed by atoms with Gasteiger partial charge >= 0.3 is 0 Å². The Labute approximate surface area is 161 Å². The van der Waals surface area contributed by atoms with Crippen LogP contribution in [0.25, 0.3) is 0 Å². The number of hydrogen-bond acceptors (Lipinski definition) is 4. The van der Waals surface area contributed by atoms with Gasteiger partial charge in [0.25, 0.3) is 0 Å². The van der Waals surface area contributed by atoms with Crippen molar-refractivity contribution in [2.45, 2.75) is 26.2 Å². The van der Waals surface area contributed by atoms with E-state index < -0.39 is 0 Å². The highest BCUT2D eigenvalue weighted by Gasteiger charge is 2.21. The first-order valence-corrected chi connectivity index (χ1v) is 9.58. The monoisotopic (exact) mass is 368 g/mol. The van der Waals surface area contributed by atoms with Crippen molar-refractivity contribution in [2.75, 3.05) is 37.7 Å². The standard InChI is InChI=1S/C22H28N2O3/c1-17(2)18-7-9-19(10-8-18)23-12-14-24(15-13-23)22(26)11-16-27-21-6-4-3-5-20(21)25/h3-10,17,25H,11-16H2,1-2H3. The molecule has 5 heteroatoms. The van der Waals surface area contributed by atoms with Crippen molar-refractivity contribution in [1.82, 2.24) is 4.90 Å². The zero-order valence-corrected chi connectivity index (χ0v) is 16.1. The third kappa shape index (κ3) is 4.94. The molecular formula is C22H28N2O3. The summed E-state index contributed by atoms with van der Waals surface area (Å²) in [4.78, 5) is 16.6. The summed E-state index contributed by atoms with van der Waals surface area (Å²) >= 11 is 0. The summed E-state index contributed by atoms with van der Waals surface area (Å²) in [6, 6.07) is 15.5. The van der Waals surface area contributed by atoms with Gasteiger partial charge in [-0.05, 0) is 35.7 Å². The fraction of sp³-hybridized carbons (Fsp3) is 0.409. The number of para-hydroxylation sites is 2. The van der Waals surface area contributed by atoms with E-state index in [9.17, 15) is 9.90 Å². The Morgan fingerprint density at radius 2 is 1.70 bits per heavy atom. The summed E-state index contributed by atoms with van der Waals surface area (Å²) in [6.07, 6.45) is 0.317. The molecule has 0 atom stereocenters. The molecule has 27 heavy (non-hydrogen) atoms. The highest BCUT2D eigenvalue weighted by Crippen LogP contribution is 2.24. The minimum Gasteiger partial charge on any atom is -0.504 e. The van der Waals surface area contributed by atoms with E-state index in [1.54, 1.807) is 24.3 Å². The van der Waals surface area contributed by atoms with Crippen molar-refractivity contribution < 1.29 is 14.6 Å². The number of carbonyl (C=O) groups excluding carboxylic acids is 1. The highest BCUT2D eigenvalue weighted by atomic mass is 16.5. The molecular weight excluding hydrogens is 340 g/mol. The fourth-order valence-electron chi connectivity index (χ4n) is 3.27. The number of aromatic hydroxyl groups is 1. The second-order valence-corrected chi connectivity index (χ2v) is 7.18. The van der Waals surface area contributed by atoms with Crippen LogP contribution in [-0.2, 0) is 4.79 Å². The molecule has 1 fully saturated rings. The zero-order valence-electron chi connectivity index (χ0n) is 16.1. The molecule has 0 aromatic heterocycles. The topological polar surface area (TPSA) is 53.0 Å². The minimum atomic E-state index is 0.0974. The molecule has 2 aromatic rings. The van der Waals surface area contributed by atoms with Gasteiger partial charge in [-0.2, -0.15) is 0 Å². The molecule has 0 spiro atoms. The Hall–Kier alpha value is -2.69. The van der Waals surface area contributed by atoms with E-state index in [1.165, 1.54) is 11.3 Å². The van der Waals surface area contributed by atoms with Gasteiger partial charge in [0.05, 0.1) is 13.0 Å². The van der Waals surface area contributed by atoms with Crippen LogP contribution in [0.1, 0.15) is 31.7 Å². The van der Waals surface area contributed by atoms with Gasteiger partial charge in [0, 0.05) is 31.9 Å². The Morgan fingerprint density at radius 3 is 2.33 bits per heavy atom. The van der Waals surface area contributed by atoms with Gasteiger partial charge in [-0.25, -0.2) is 0 Å². The van der Waals surface area contributed by atoms with Crippen LogP contribution < -0.4 is 9.64 Å². The predicted octanol–water partition coefficient (Wildman–Crippen LogP) is 3.63. The first-order valence-electron chi connectivity index (χ1n) is 9.58. The number of benzene rings is 2. The Morgan fingerprint density at radius 1 is 1.04 bits per heavy atom. The lowest BCUT2D eigenvalue weighted by atomic mass is 10.0. The van der Waals surface area contributed by atoms with Gasteiger partial charge in [0.2, 0.25) is 5.91 Å². The summed E-state index contributed by atoms with van der Waals surface area (Å²) < 4.78 is 5.51. The fourth-order valence-corrected chi connectivity index (χ4v) is 3.27. The van der Waals surface area contributed by atoms with E-state index in [4.69, 9.17) is 4.74 Å². The van der Waals surface area contributed by atoms with Crippen LogP contribution in [0.15, 0.2) is 48.5 Å². The van der Waals surface area contributed by atoms with E-state index in [1.807, 2.05) is 4.90 Å². The number of amides is 1. The molecule has 1 N–H and O–H groups in total. The Bertz CT molecular complexity index is 750. The smallest absolute Gasteiger partial charge is 0.226 e. The van der Waals surface area contributed by atoms with E-state index in [-0.39, 0.29) is 18.3 Å². The normalized spacial score (nSPS) is 14.5. The number of piperazine rings is 1. The Kier molecular flexibility index (Phi) is 6.22. The molecule has 0 radical (unpaired) electrons. The van der Waals surface area contributed by atoms with Crippen LogP contribution in [0, 0.1) is 0 Å². The molecule has 3 rings (SSSR count).